The van der Waals surface area contributed by atoms with Crippen molar-refractivity contribution in [2.45, 2.75) is 32.3 Å². The number of aromatic nitrogens is 2. The molecule has 1 aliphatic rings. The molecule has 1 aliphatic carbocycles. The zero-order valence-corrected chi connectivity index (χ0v) is 11.8. The van der Waals surface area contributed by atoms with Gasteiger partial charge in [-0.3, -0.25) is 0 Å². The van der Waals surface area contributed by atoms with Gasteiger partial charge in [-0.25, -0.2) is 4.98 Å². The maximum Gasteiger partial charge on any atom is 0.144 e. The van der Waals surface area contributed by atoms with E-state index in [9.17, 15) is 0 Å². The highest BCUT2D eigenvalue weighted by Crippen LogP contribution is 2.42. The zero-order valence-electron chi connectivity index (χ0n) is 9.42. The summed E-state index contributed by atoms with van der Waals surface area (Å²) >= 11 is 8.69. The van der Waals surface area contributed by atoms with E-state index in [0.717, 1.165) is 22.4 Å². The predicted molar refractivity (Wildman–Crippen MR) is 69.0 cm³/mol. The lowest BCUT2D eigenvalue weighted by atomic mass is 10.2. The van der Waals surface area contributed by atoms with Crippen LogP contribution in [0.5, 0.6) is 0 Å². The van der Waals surface area contributed by atoms with Gasteiger partial charge in [0.25, 0.3) is 0 Å². The molecule has 0 bridgehead atoms. The summed E-state index contributed by atoms with van der Waals surface area (Å²) in [5, 5.41) is 0. The first-order valence-electron chi connectivity index (χ1n) is 5.48. The summed E-state index contributed by atoms with van der Waals surface area (Å²) in [4.78, 5) is 7.73. The van der Waals surface area contributed by atoms with Gasteiger partial charge in [-0.2, -0.15) is 0 Å². The van der Waals surface area contributed by atoms with E-state index < -0.39 is 0 Å². The van der Waals surface area contributed by atoms with E-state index in [1.807, 2.05) is 0 Å². The minimum absolute atomic E-state index is 0.0695. The number of aryl methyl sites for hydroxylation is 1. The number of hydrogen-bond acceptors (Lipinski definition) is 3. The van der Waals surface area contributed by atoms with Crippen LogP contribution in [0.2, 0.25) is 0 Å². The topological polar surface area (TPSA) is 37.9 Å². The Morgan fingerprint density at radius 3 is 2.81 bits per heavy atom. The van der Waals surface area contributed by atoms with Crippen LogP contribution in [0.15, 0.2) is 4.47 Å². The number of hydrogen-bond donors (Lipinski definition) is 1. The molecule has 0 aromatic carbocycles. The van der Waals surface area contributed by atoms with Crippen molar-refractivity contribution in [3.63, 3.8) is 0 Å². The fourth-order valence-corrected chi connectivity index (χ4v) is 2.52. The van der Waals surface area contributed by atoms with Crippen molar-refractivity contribution >= 4 is 28.1 Å². The molecular weight excluding hydrogens is 288 g/mol. The second kappa shape index (κ2) is 4.94. The van der Waals surface area contributed by atoms with Crippen molar-refractivity contribution < 1.29 is 4.74 Å². The third kappa shape index (κ3) is 2.36. The molecule has 1 saturated carbocycles. The average Bonchev–Trinajstić information content (AvgIpc) is 3.08. The lowest BCUT2D eigenvalue weighted by molar-refractivity contribution is 0.0769. The monoisotopic (exact) mass is 302 g/mol. The van der Waals surface area contributed by atoms with Crippen LogP contribution in [0.1, 0.15) is 37.4 Å². The van der Waals surface area contributed by atoms with Crippen LogP contribution in [0.4, 0.5) is 0 Å². The highest BCUT2D eigenvalue weighted by Gasteiger charge is 2.34. The molecule has 1 aromatic heterocycles. The van der Waals surface area contributed by atoms with Gasteiger partial charge in [0.2, 0.25) is 0 Å². The summed E-state index contributed by atoms with van der Waals surface area (Å²) < 4.78 is 7.02. The summed E-state index contributed by atoms with van der Waals surface area (Å²) in [7, 11) is 1.73. The lowest BCUT2D eigenvalue weighted by Gasteiger charge is -2.15. The first kappa shape index (κ1) is 12.2. The molecule has 0 aliphatic heterocycles. The Balaban J connectivity index is 2.40. The van der Waals surface area contributed by atoms with Crippen LogP contribution >= 0.6 is 28.1 Å². The van der Waals surface area contributed by atoms with Gasteiger partial charge in [0.05, 0.1) is 4.47 Å². The molecule has 88 valence electrons. The molecule has 1 N–H and O–H groups in total. The largest absolute Gasteiger partial charge is 0.373 e. The molecule has 3 nitrogen and oxygen atoms in total. The van der Waals surface area contributed by atoms with Crippen molar-refractivity contribution in [2.24, 2.45) is 5.92 Å². The van der Waals surface area contributed by atoms with Gasteiger partial charge in [-0.1, -0.05) is 19.1 Å². The first-order chi connectivity index (χ1) is 7.67. The van der Waals surface area contributed by atoms with Gasteiger partial charge >= 0.3 is 0 Å². The summed E-state index contributed by atoms with van der Waals surface area (Å²) in [5.74, 6) is 1.48. The standard InChI is InChI=1S/C11H15BrN2OS/c1-3-7-8(12)11(16)14-10(13-7)9(15-2)6-4-5-6/h6,9H,3-5H2,1-2H3,(H,13,14,16). The summed E-state index contributed by atoms with van der Waals surface area (Å²) in [6, 6.07) is 0. The van der Waals surface area contributed by atoms with Crippen LogP contribution in [-0.2, 0) is 11.2 Å². The van der Waals surface area contributed by atoms with E-state index in [-0.39, 0.29) is 6.10 Å². The fourth-order valence-electron chi connectivity index (χ4n) is 1.83. The van der Waals surface area contributed by atoms with Crippen molar-refractivity contribution in [1.82, 2.24) is 9.97 Å². The Morgan fingerprint density at radius 2 is 2.31 bits per heavy atom. The van der Waals surface area contributed by atoms with E-state index in [4.69, 9.17) is 17.0 Å². The quantitative estimate of drug-likeness (QED) is 0.864. The number of nitrogens with one attached hydrogen (secondary N) is 1. The van der Waals surface area contributed by atoms with Crippen LogP contribution in [0.25, 0.3) is 0 Å². The van der Waals surface area contributed by atoms with Gasteiger partial charge in [0, 0.05) is 12.8 Å². The minimum atomic E-state index is 0.0695. The highest BCUT2D eigenvalue weighted by molar-refractivity contribution is 9.10. The molecule has 0 radical (unpaired) electrons. The molecular formula is C11H15BrN2OS. The molecule has 16 heavy (non-hydrogen) atoms. The number of halogens is 1. The van der Waals surface area contributed by atoms with Crippen molar-refractivity contribution in [3.8, 4) is 0 Å². The van der Waals surface area contributed by atoms with Crippen LogP contribution < -0.4 is 0 Å². The van der Waals surface area contributed by atoms with Crippen molar-refractivity contribution in [2.75, 3.05) is 7.11 Å². The number of nitrogens with zero attached hydrogens (tertiary/aromatic N) is 1. The number of methoxy groups -OCH3 is 1. The molecule has 0 amide bonds. The molecule has 5 heteroatoms. The molecule has 2 rings (SSSR count). The third-order valence-corrected chi connectivity index (χ3v) is 4.29. The maximum absolute atomic E-state index is 5.50. The highest BCUT2D eigenvalue weighted by atomic mass is 79.9. The summed E-state index contributed by atoms with van der Waals surface area (Å²) in [6.07, 6.45) is 3.41. The van der Waals surface area contributed by atoms with Gasteiger partial charge in [-0.05, 0) is 41.1 Å². The van der Waals surface area contributed by atoms with Crippen LogP contribution in [0, 0.1) is 10.6 Å². The SMILES string of the molecule is CCc1[nH]c(C(OC)C2CC2)nc(=S)c1Br. The Bertz CT molecular complexity index is 442. The van der Waals surface area contributed by atoms with E-state index in [0.29, 0.717) is 10.6 Å². The number of aromatic amines is 1. The number of H-pyrrole nitrogens is 1. The Labute approximate surface area is 109 Å². The van der Waals surface area contributed by atoms with E-state index in [1.165, 1.54) is 12.8 Å². The normalized spacial score (nSPS) is 17.4. The molecule has 0 saturated heterocycles. The fraction of sp³-hybridized carbons (Fsp3) is 0.636. The minimum Gasteiger partial charge on any atom is -0.373 e. The van der Waals surface area contributed by atoms with E-state index in [1.54, 1.807) is 7.11 Å². The number of rotatable bonds is 4. The van der Waals surface area contributed by atoms with Crippen LogP contribution in [0.3, 0.4) is 0 Å². The van der Waals surface area contributed by atoms with Gasteiger partial charge in [0.15, 0.2) is 0 Å². The Morgan fingerprint density at radius 1 is 1.62 bits per heavy atom. The third-order valence-electron chi connectivity index (χ3n) is 2.88. The molecule has 0 spiro atoms. The van der Waals surface area contributed by atoms with Crippen molar-refractivity contribution in [3.05, 3.63) is 20.6 Å². The van der Waals surface area contributed by atoms with E-state index >= 15 is 0 Å². The average molecular weight is 303 g/mol. The Kier molecular flexibility index (Phi) is 3.77. The lowest BCUT2D eigenvalue weighted by Crippen LogP contribution is -2.11. The summed E-state index contributed by atoms with van der Waals surface area (Å²) in [5.41, 5.74) is 1.10. The van der Waals surface area contributed by atoms with Gasteiger partial charge in [-0.15, -0.1) is 0 Å². The maximum atomic E-state index is 5.50. The molecule has 1 heterocycles. The van der Waals surface area contributed by atoms with Gasteiger partial charge < -0.3 is 9.72 Å². The van der Waals surface area contributed by atoms with E-state index in [2.05, 4.69) is 32.8 Å². The molecule has 1 unspecified atom stereocenters. The summed E-state index contributed by atoms with van der Waals surface area (Å²) in [6.45, 7) is 2.09. The predicted octanol–water partition coefficient (Wildman–Crippen LogP) is 3.56. The van der Waals surface area contributed by atoms with Gasteiger partial charge in [0.1, 0.15) is 16.6 Å². The zero-order chi connectivity index (χ0) is 11.7. The second-order valence-electron chi connectivity index (χ2n) is 4.07. The Hall–Kier alpha value is -0.260. The first-order valence-corrected chi connectivity index (χ1v) is 6.68. The van der Waals surface area contributed by atoms with Crippen LogP contribution in [-0.4, -0.2) is 17.1 Å². The second-order valence-corrected chi connectivity index (χ2v) is 5.25. The molecule has 1 fully saturated rings. The molecule has 1 aromatic rings. The smallest absolute Gasteiger partial charge is 0.144 e. The number of ether oxygens (including phenoxy) is 1. The van der Waals surface area contributed by atoms with Crippen molar-refractivity contribution in [1.29, 1.82) is 0 Å². The molecule has 1 atom stereocenters.